The number of amides is 1. The first kappa shape index (κ1) is 11.6. The van der Waals surface area contributed by atoms with Crippen molar-refractivity contribution >= 4 is 17.3 Å². The monoisotopic (exact) mass is 234 g/mol. The molecule has 0 bridgehead atoms. The second kappa shape index (κ2) is 4.97. The largest absolute Gasteiger partial charge is 0.497 e. The molecular weight excluding hydrogens is 220 g/mol. The molecular formula is C12H14N2O3. The Kier molecular flexibility index (Phi) is 3.39. The molecule has 90 valence electrons. The number of nitrogens with zero attached hydrogens (tertiary/aromatic N) is 2. The maximum absolute atomic E-state index is 11.7. The van der Waals surface area contributed by atoms with Crippen molar-refractivity contribution in [2.75, 3.05) is 25.8 Å². The molecule has 5 heteroatoms. The molecule has 0 radical (unpaired) electrons. The van der Waals surface area contributed by atoms with E-state index in [1.54, 1.807) is 38.5 Å². The number of benzene rings is 1. The SMILES string of the molecule is COCC1=NN(c2ccc(OC)cc2)C(=O)C1. The Bertz CT molecular complexity index is 440. The average Bonchev–Trinajstić information content (AvgIpc) is 2.71. The van der Waals surface area contributed by atoms with Crippen LogP contribution in [0.2, 0.25) is 0 Å². The van der Waals surface area contributed by atoms with Gasteiger partial charge in [-0.2, -0.15) is 5.10 Å². The fourth-order valence-corrected chi connectivity index (χ4v) is 1.65. The molecule has 0 saturated carbocycles. The Morgan fingerprint density at radius 2 is 2.00 bits per heavy atom. The zero-order valence-electron chi connectivity index (χ0n) is 9.84. The van der Waals surface area contributed by atoms with Gasteiger partial charge in [0, 0.05) is 7.11 Å². The summed E-state index contributed by atoms with van der Waals surface area (Å²) in [5.74, 6) is 0.712. The van der Waals surface area contributed by atoms with E-state index in [2.05, 4.69) is 5.10 Å². The predicted molar refractivity (Wildman–Crippen MR) is 64.4 cm³/mol. The van der Waals surface area contributed by atoms with Gasteiger partial charge in [-0.25, -0.2) is 5.01 Å². The van der Waals surface area contributed by atoms with Crippen LogP contribution in [0, 0.1) is 0 Å². The molecule has 0 atom stereocenters. The van der Waals surface area contributed by atoms with Crippen molar-refractivity contribution in [3.05, 3.63) is 24.3 Å². The standard InChI is InChI=1S/C12H14N2O3/c1-16-8-9-7-12(15)14(13-9)10-3-5-11(17-2)6-4-10/h3-6H,7-8H2,1-2H3. The summed E-state index contributed by atoms with van der Waals surface area (Å²) in [4.78, 5) is 11.7. The van der Waals surface area contributed by atoms with E-state index in [1.807, 2.05) is 0 Å². The van der Waals surface area contributed by atoms with Crippen LogP contribution in [0.25, 0.3) is 0 Å². The van der Waals surface area contributed by atoms with E-state index in [0.29, 0.717) is 13.0 Å². The van der Waals surface area contributed by atoms with E-state index in [4.69, 9.17) is 9.47 Å². The molecule has 1 aromatic rings. The lowest BCUT2D eigenvalue weighted by molar-refractivity contribution is -0.116. The molecule has 1 aliphatic rings. The van der Waals surface area contributed by atoms with Crippen LogP contribution >= 0.6 is 0 Å². The number of anilines is 1. The van der Waals surface area contributed by atoms with Gasteiger partial charge in [-0.15, -0.1) is 0 Å². The van der Waals surface area contributed by atoms with Crippen molar-refractivity contribution in [3.63, 3.8) is 0 Å². The fourth-order valence-electron chi connectivity index (χ4n) is 1.65. The van der Waals surface area contributed by atoms with Gasteiger partial charge in [0.15, 0.2) is 0 Å². The van der Waals surface area contributed by atoms with Gasteiger partial charge in [0.1, 0.15) is 5.75 Å². The van der Waals surface area contributed by atoms with Gasteiger partial charge in [0.2, 0.25) is 0 Å². The zero-order valence-corrected chi connectivity index (χ0v) is 9.84. The zero-order chi connectivity index (χ0) is 12.3. The van der Waals surface area contributed by atoms with Crippen molar-refractivity contribution < 1.29 is 14.3 Å². The van der Waals surface area contributed by atoms with Crippen LogP contribution in [-0.4, -0.2) is 32.4 Å². The summed E-state index contributed by atoms with van der Waals surface area (Å²) in [6.45, 7) is 0.387. The Morgan fingerprint density at radius 1 is 1.29 bits per heavy atom. The molecule has 0 aliphatic carbocycles. The van der Waals surface area contributed by atoms with E-state index in [1.165, 1.54) is 5.01 Å². The van der Waals surface area contributed by atoms with Crippen molar-refractivity contribution in [1.82, 2.24) is 0 Å². The summed E-state index contributed by atoms with van der Waals surface area (Å²) in [6, 6.07) is 7.20. The first-order valence-corrected chi connectivity index (χ1v) is 5.27. The maximum atomic E-state index is 11.7. The molecule has 2 rings (SSSR count). The molecule has 0 unspecified atom stereocenters. The lowest BCUT2D eigenvalue weighted by Gasteiger charge is -2.11. The summed E-state index contributed by atoms with van der Waals surface area (Å²) in [5.41, 5.74) is 1.48. The molecule has 17 heavy (non-hydrogen) atoms. The molecule has 0 saturated heterocycles. The highest BCUT2D eigenvalue weighted by molar-refractivity contribution is 6.13. The predicted octanol–water partition coefficient (Wildman–Crippen LogP) is 1.43. The molecule has 1 heterocycles. The number of hydrogen-bond donors (Lipinski definition) is 0. The third kappa shape index (κ3) is 2.45. The summed E-state index contributed by atoms with van der Waals surface area (Å²) in [6.07, 6.45) is 0.319. The second-order valence-electron chi connectivity index (χ2n) is 3.68. The minimum Gasteiger partial charge on any atom is -0.497 e. The Labute approximate surface area is 99.6 Å². The van der Waals surface area contributed by atoms with Gasteiger partial charge in [-0.1, -0.05) is 0 Å². The molecule has 1 amide bonds. The third-order valence-corrected chi connectivity index (χ3v) is 2.46. The Morgan fingerprint density at radius 3 is 2.59 bits per heavy atom. The van der Waals surface area contributed by atoms with Gasteiger partial charge in [-0.05, 0) is 24.3 Å². The Hall–Kier alpha value is -1.88. The molecule has 0 spiro atoms. The summed E-state index contributed by atoms with van der Waals surface area (Å²) in [5, 5.41) is 5.62. The van der Waals surface area contributed by atoms with Crippen LogP contribution in [-0.2, 0) is 9.53 Å². The fraction of sp³-hybridized carbons (Fsp3) is 0.333. The molecule has 0 N–H and O–H groups in total. The summed E-state index contributed by atoms with van der Waals surface area (Å²) >= 11 is 0. The van der Waals surface area contributed by atoms with Crippen LogP contribution in [0.4, 0.5) is 5.69 Å². The lowest BCUT2D eigenvalue weighted by atomic mass is 10.2. The number of hydrazone groups is 1. The number of rotatable bonds is 4. The van der Waals surface area contributed by atoms with E-state index >= 15 is 0 Å². The van der Waals surface area contributed by atoms with Crippen LogP contribution < -0.4 is 9.75 Å². The van der Waals surface area contributed by atoms with Crippen LogP contribution in [0.5, 0.6) is 5.75 Å². The molecule has 0 aromatic heterocycles. The average molecular weight is 234 g/mol. The summed E-state index contributed by atoms with van der Waals surface area (Å²) in [7, 11) is 3.19. The normalized spacial score (nSPS) is 15.1. The number of methoxy groups -OCH3 is 2. The van der Waals surface area contributed by atoms with Gasteiger partial charge < -0.3 is 9.47 Å². The molecule has 5 nitrogen and oxygen atoms in total. The topological polar surface area (TPSA) is 51.1 Å². The number of carbonyl (C=O) groups excluding carboxylic acids is 1. The highest BCUT2D eigenvalue weighted by Gasteiger charge is 2.24. The minimum atomic E-state index is -0.0396. The second-order valence-corrected chi connectivity index (χ2v) is 3.68. The summed E-state index contributed by atoms with van der Waals surface area (Å²) < 4.78 is 10.0. The van der Waals surface area contributed by atoms with E-state index < -0.39 is 0 Å². The quantitative estimate of drug-likeness (QED) is 0.792. The van der Waals surface area contributed by atoms with Crippen LogP contribution in [0.15, 0.2) is 29.4 Å². The highest BCUT2D eigenvalue weighted by atomic mass is 16.5. The van der Waals surface area contributed by atoms with Gasteiger partial charge >= 0.3 is 0 Å². The first-order chi connectivity index (χ1) is 8.24. The highest BCUT2D eigenvalue weighted by Crippen LogP contribution is 2.23. The molecule has 1 aromatic carbocycles. The van der Waals surface area contributed by atoms with Crippen LogP contribution in [0.3, 0.4) is 0 Å². The third-order valence-electron chi connectivity index (χ3n) is 2.46. The van der Waals surface area contributed by atoms with Gasteiger partial charge in [-0.3, -0.25) is 4.79 Å². The van der Waals surface area contributed by atoms with Crippen molar-refractivity contribution in [2.45, 2.75) is 6.42 Å². The van der Waals surface area contributed by atoms with Crippen molar-refractivity contribution in [3.8, 4) is 5.75 Å². The Balaban J connectivity index is 2.18. The van der Waals surface area contributed by atoms with Gasteiger partial charge in [0.05, 0.1) is 31.5 Å². The van der Waals surface area contributed by atoms with Crippen molar-refractivity contribution in [2.24, 2.45) is 5.10 Å². The number of hydrogen-bond acceptors (Lipinski definition) is 4. The van der Waals surface area contributed by atoms with E-state index in [-0.39, 0.29) is 5.91 Å². The van der Waals surface area contributed by atoms with Gasteiger partial charge in [0.25, 0.3) is 5.91 Å². The minimum absolute atomic E-state index is 0.0396. The maximum Gasteiger partial charge on any atom is 0.253 e. The molecule has 1 aliphatic heterocycles. The number of ether oxygens (including phenoxy) is 2. The van der Waals surface area contributed by atoms with E-state index in [0.717, 1.165) is 17.1 Å². The van der Waals surface area contributed by atoms with E-state index in [9.17, 15) is 4.79 Å². The number of carbonyl (C=O) groups is 1. The lowest BCUT2D eigenvalue weighted by Crippen LogP contribution is -2.19. The molecule has 0 fully saturated rings. The smallest absolute Gasteiger partial charge is 0.253 e. The van der Waals surface area contributed by atoms with Crippen molar-refractivity contribution in [1.29, 1.82) is 0 Å². The van der Waals surface area contributed by atoms with Crippen LogP contribution in [0.1, 0.15) is 6.42 Å². The first-order valence-electron chi connectivity index (χ1n) is 5.27.